The minimum absolute atomic E-state index is 0.458. The van der Waals surface area contributed by atoms with Crippen LogP contribution >= 0.6 is 0 Å². The number of methoxy groups -OCH3 is 1. The highest BCUT2D eigenvalue weighted by Gasteiger charge is 2.39. The van der Waals surface area contributed by atoms with Crippen molar-refractivity contribution in [3.05, 3.63) is 36.7 Å². The summed E-state index contributed by atoms with van der Waals surface area (Å²) in [6.07, 6.45) is 6.35. The van der Waals surface area contributed by atoms with Crippen molar-refractivity contribution >= 4 is 5.95 Å². The van der Waals surface area contributed by atoms with Gasteiger partial charge in [0.2, 0.25) is 5.95 Å². The number of piperidine rings is 3. The zero-order valence-corrected chi connectivity index (χ0v) is 14.3. The van der Waals surface area contributed by atoms with E-state index in [0.29, 0.717) is 12.1 Å². The number of rotatable bonds is 4. The van der Waals surface area contributed by atoms with Gasteiger partial charge in [-0.2, -0.15) is 0 Å². The lowest BCUT2D eigenvalue weighted by atomic mass is 9.79. The van der Waals surface area contributed by atoms with Crippen LogP contribution in [0.2, 0.25) is 0 Å². The van der Waals surface area contributed by atoms with Crippen molar-refractivity contribution in [3.8, 4) is 16.9 Å². The molecule has 3 aliphatic rings. The van der Waals surface area contributed by atoms with Crippen LogP contribution in [0.25, 0.3) is 11.1 Å². The Morgan fingerprint density at radius 3 is 2.29 bits per heavy atom. The van der Waals surface area contributed by atoms with Crippen LogP contribution < -0.4 is 10.1 Å². The second-order valence-corrected chi connectivity index (χ2v) is 6.81. The van der Waals surface area contributed by atoms with Gasteiger partial charge in [0.1, 0.15) is 5.75 Å². The standard InChI is InChI=1S/C19H24N4O/c1-13-18(15-7-9-23(13)10-8-15)22-19-20-11-16(12-21-19)14-3-5-17(24-2)6-4-14/h3-6,11-13,15,18H,7-10H2,1-2H3,(H,20,21,22)/t13-,18-/m1/s1. The zero-order chi connectivity index (χ0) is 16.5. The number of nitrogens with zero attached hydrogens (tertiary/aromatic N) is 3. The third-order valence-electron chi connectivity index (χ3n) is 5.55. The van der Waals surface area contributed by atoms with Gasteiger partial charge < -0.3 is 10.1 Å². The van der Waals surface area contributed by atoms with Crippen LogP contribution in [0.1, 0.15) is 19.8 Å². The summed E-state index contributed by atoms with van der Waals surface area (Å²) < 4.78 is 5.20. The highest BCUT2D eigenvalue weighted by Crippen LogP contribution is 2.33. The van der Waals surface area contributed by atoms with Gasteiger partial charge >= 0.3 is 0 Å². The molecule has 3 fully saturated rings. The van der Waals surface area contributed by atoms with Crippen LogP contribution in [-0.4, -0.2) is 47.2 Å². The molecule has 2 atom stereocenters. The Bertz CT molecular complexity index is 676. The SMILES string of the molecule is COc1ccc(-c2cnc(N[C@H]3C4CCN(CC4)[C@@H]3C)nc2)cc1. The van der Waals surface area contributed by atoms with E-state index < -0.39 is 0 Å². The van der Waals surface area contributed by atoms with E-state index in [4.69, 9.17) is 4.74 Å². The van der Waals surface area contributed by atoms with Gasteiger partial charge in [-0.15, -0.1) is 0 Å². The molecule has 0 radical (unpaired) electrons. The number of anilines is 1. The quantitative estimate of drug-likeness (QED) is 0.937. The van der Waals surface area contributed by atoms with E-state index in [1.54, 1.807) is 7.11 Å². The molecule has 0 aliphatic carbocycles. The van der Waals surface area contributed by atoms with Crippen molar-refractivity contribution in [3.63, 3.8) is 0 Å². The summed E-state index contributed by atoms with van der Waals surface area (Å²) in [6, 6.07) is 8.98. The van der Waals surface area contributed by atoms with E-state index in [1.165, 1.54) is 25.9 Å². The smallest absolute Gasteiger partial charge is 0.222 e. The Hall–Kier alpha value is -2.14. The number of hydrogen-bond donors (Lipinski definition) is 1. The molecule has 0 amide bonds. The maximum atomic E-state index is 5.20. The summed E-state index contributed by atoms with van der Waals surface area (Å²) in [4.78, 5) is 11.6. The highest BCUT2D eigenvalue weighted by molar-refractivity contribution is 5.62. The van der Waals surface area contributed by atoms with Gasteiger partial charge in [0, 0.05) is 30.0 Å². The van der Waals surface area contributed by atoms with E-state index in [-0.39, 0.29) is 0 Å². The normalized spacial score (nSPS) is 28.6. The minimum Gasteiger partial charge on any atom is -0.497 e. The molecule has 126 valence electrons. The largest absolute Gasteiger partial charge is 0.497 e. The first kappa shape index (κ1) is 15.4. The lowest BCUT2D eigenvalue weighted by Gasteiger charge is -2.49. The van der Waals surface area contributed by atoms with Crippen molar-refractivity contribution in [2.75, 3.05) is 25.5 Å². The minimum atomic E-state index is 0.458. The third kappa shape index (κ3) is 2.84. The fourth-order valence-electron chi connectivity index (χ4n) is 4.03. The maximum absolute atomic E-state index is 5.20. The van der Waals surface area contributed by atoms with Gasteiger partial charge in [-0.1, -0.05) is 12.1 Å². The summed E-state index contributed by atoms with van der Waals surface area (Å²) in [5, 5.41) is 3.58. The van der Waals surface area contributed by atoms with Crippen LogP contribution in [0.5, 0.6) is 5.75 Å². The van der Waals surface area contributed by atoms with Gasteiger partial charge in [-0.25, -0.2) is 9.97 Å². The first-order valence-electron chi connectivity index (χ1n) is 8.71. The van der Waals surface area contributed by atoms with E-state index >= 15 is 0 Å². The fourth-order valence-corrected chi connectivity index (χ4v) is 4.03. The average Bonchev–Trinajstić information content (AvgIpc) is 2.66. The second kappa shape index (κ2) is 6.40. The van der Waals surface area contributed by atoms with Crippen LogP contribution in [0.4, 0.5) is 5.95 Å². The maximum Gasteiger partial charge on any atom is 0.222 e. The first-order chi connectivity index (χ1) is 11.7. The molecule has 2 aromatic rings. The Morgan fingerprint density at radius 2 is 1.71 bits per heavy atom. The number of ether oxygens (including phenoxy) is 1. The Labute approximate surface area is 143 Å². The van der Waals surface area contributed by atoms with Crippen LogP contribution in [0.15, 0.2) is 36.7 Å². The molecular formula is C19H24N4O. The fraction of sp³-hybridized carbons (Fsp3) is 0.474. The number of nitrogens with one attached hydrogen (secondary N) is 1. The predicted molar refractivity (Wildman–Crippen MR) is 95.2 cm³/mol. The lowest BCUT2D eigenvalue weighted by molar-refractivity contribution is 0.0455. The molecule has 1 N–H and O–H groups in total. The summed E-state index contributed by atoms with van der Waals surface area (Å²) in [5.41, 5.74) is 2.11. The monoisotopic (exact) mass is 324 g/mol. The number of aromatic nitrogens is 2. The van der Waals surface area contributed by atoms with Crippen LogP contribution in [0, 0.1) is 5.92 Å². The van der Waals surface area contributed by atoms with E-state index in [9.17, 15) is 0 Å². The predicted octanol–water partition coefficient (Wildman–Crippen LogP) is 3.05. The third-order valence-corrected chi connectivity index (χ3v) is 5.55. The molecule has 3 saturated heterocycles. The number of hydrogen-bond acceptors (Lipinski definition) is 5. The first-order valence-corrected chi connectivity index (χ1v) is 8.71. The molecule has 4 heterocycles. The number of fused-ring (bicyclic) bond motifs is 3. The van der Waals surface area contributed by atoms with Gasteiger partial charge in [0.05, 0.1) is 7.11 Å². The molecule has 1 aromatic heterocycles. The zero-order valence-electron chi connectivity index (χ0n) is 14.3. The highest BCUT2D eigenvalue weighted by atomic mass is 16.5. The molecule has 0 spiro atoms. The van der Waals surface area contributed by atoms with Crippen molar-refractivity contribution in [1.29, 1.82) is 0 Å². The van der Waals surface area contributed by atoms with E-state index in [0.717, 1.165) is 28.7 Å². The molecular weight excluding hydrogens is 300 g/mol. The van der Waals surface area contributed by atoms with Gasteiger partial charge in [0.25, 0.3) is 0 Å². The summed E-state index contributed by atoms with van der Waals surface area (Å²) in [5.74, 6) is 2.34. The molecule has 5 nitrogen and oxygen atoms in total. The van der Waals surface area contributed by atoms with Crippen molar-refractivity contribution in [2.45, 2.75) is 31.8 Å². The van der Waals surface area contributed by atoms with Crippen LogP contribution in [-0.2, 0) is 0 Å². The van der Waals surface area contributed by atoms with Gasteiger partial charge in [-0.05, 0) is 56.5 Å². The Morgan fingerprint density at radius 1 is 1.04 bits per heavy atom. The van der Waals surface area contributed by atoms with Crippen LogP contribution in [0.3, 0.4) is 0 Å². The van der Waals surface area contributed by atoms with Gasteiger partial charge in [0.15, 0.2) is 0 Å². The lowest BCUT2D eigenvalue weighted by Crippen LogP contribution is -2.59. The molecule has 0 saturated carbocycles. The van der Waals surface area contributed by atoms with Crippen molar-refractivity contribution in [2.24, 2.45) is 5.92 Å². The molecule has 1 aromatic carbocycles. The molecule has 5 heteroatoms. The number of benzene rings is 1. The average molecular weight is 324 g/mol. The Kier molecular flexibility index (Phi) is 4.10. The molecule has 5 rings (SSSR count). The molecule has 0 unspecified atom stereocenters. The summed E-state index contributed by atoms with van der Waals surface area (Å²) in [6.45, 7) is 4.79. The van der Waals surface area contributed by atoms with Crippen molar-refractivity contribution in [1.82, 2.24) is 14.9 Å². The second-order valence-electron chi connectivity index (χ2n) is 6.81. The molecule has 3 aliphatic heterocycles. The Balaban J connectivity index is 1.47. The van der Waals surface area contributed by atoms with Crippen molar-refractivity contribution < 1.29 is 4.74 Å². The van der Waals surface area contributed by atoms with E-state index in [1.807, 2.05) is 36.7 Å². The van der Waals surface area contributed by atoms with Gasteiger partial charge in [-0.3, -0.25) is 4.90 Å². The molecule has 2 bridgehead atoms. The summed E-state index contributed by atoms with van der Waals surface area (Å²) in [7, 11) is 1.67. The topological polar surface area (TPSA) is 50.3 Å². The van der Waals surface area contributed by atoms with E-state index in [2.05, 4.69) is 27.1 Å². The molecule has 24 heavy (non-hydrogen) atoms. The summed E-state index contributed by atoms with van der Waals surface area (Å²) >= 11 is 0.